The van der Waals surface area contributed by atoms with E-state index in [4.69, 9.17) is 30.5 Å². The number of likely N-dealkylation sites (tertiary alicyclic amines) is 1. The molecule has 2 aromatic carbocycles. The standard InChI is InChI=1S/C33H37ClN2O8/c1-4-43-33(40)30(39)20-12-15-35(16-13-20)29(38)19-22(37)18-28-26-8-6-14-36(26)25-11-10-21(34)17-24(25)31(44-28)23-7-5-9-27(41-2)32(23)42-3/h5-11,14,17,20,22,28,31,37H,4,12-13,15-16,18-19H2,1-3H3/t22?,28-,31-/m1/s1. The number of aromatic nitrogens is 1. The molecule has 1 aromatic heterocycles. The maximum Gasteiger partial charge on any atom is 0.374 e. The maximum atomic E-state index is 13.2. The number of hydrogen-bond donors (Lipinski definition) is 1. The van der Waals surface area contributed by atoms with Gasteiger partial charge in [-0.25, -0.2) is 4.79 Å². The van der Waals surface area contributed by atoms with E-state index in [2.05, 4.69) is 0 Å². The van der Waals surface area contributed by atoms with Crippen molar-refractivity contribution < 1.29 is 38.4 Å². The number of carbonyl (C=O) groups is 3. The molecule has 2 aliphatic heterocycles. The highest BCUT2D eigenvalue weighted by Crippen LogP contribution is 2.46. The number of rotatable bonds is 10. The zero-order valence-corrected chi connectivity index (χ0v) is 25.8. The number of carbonyl (C=O) groups excluding carboxylic acids is 3. The second kappa shape index (κ2) is 13.8. The summed E-state index contributed by atoms with van der Waals surface area (Å²) in [7, 11) is 3.14. The molecule has 2 aliphatic rings. The Labute approximate surface area is 261 Å². The van der Waals surface area contributed by atoms with E-state index in [-0.39, 0.29) is 25.4 Å². The van der Waals surface area contributed by atoms with Gasteiger partial charge in [-0.05, 0) is 56.2 Å². The highest BCUT2D eigenvalue weighted by atomic mass is 35.5. The Balaban J connectivity index is 1.35. The molecular weight excluding hydrogens is 588 g/mol. The number of Topliss-reactive ketones (excluding diaryl/α,β-unsaturated/α-hetero) is 1. The van der Waals surface area contributed by atoms with Gasteiger partial charge in [-0.15, -0.1) is 0 Å². The van der Waals surface area contributed by atoms with E-state index < -0.39 is 36.0 Å². The molecule has 10 nitrogen and oxygen atoms in total. The fourth-order valence-corrected chi connectivity index (χ4v) is 6.28. The van der Waals surface area contributed by atoms with Crippen LogP contribution in [0.15, 0.2) is 54.7 Å². The van der Waals surface area contributed by atoms with Crippen molar-refractivity contribution in [3.05, 3.63) is 76.6 Å². The number of fused-ring (bicyclic) bond motifs is 3. The van der Waals surface area contributed by atoms with Crippen molar-refractivity contribution in [1.82, 2.24) is 9.47 Å². The number of esters is 1. The van der Waals surface area contributed by atoms with Crippen LogP contribution in [0.1, 0.15) is 61.6 Å². The van der Waals surface area contributed by atoms with Crippen molar-refractivity contribution in [1.29, 1.82) is 0 Å². The van der Waals surface area contributed by atoms with E-state index in [0.29, 0.717) is 42.5 Å². The van der Waals surface area contributed by atoms with Gasteiger partial charge in [0.25, 0.3) is 0 Å². The summed E-state index contributed by atoms with van der Waals surface area (Å²) in [6.07, 6.45) is 0.509. The van der Waals surface area contributed by atoms with Crippen LogP contribution in [-0.2, 0) is 23.9 Å². The number of aliphatic hydroxyl groups excluding tert-OH is 1. The van der Waals surface area contributed by atoms with Crippen LogP contribution in [0.2, 0.25) is 5.02 Å². The van der Waals surface area contributed by atoms with Crippen molar-refractivity contribution >= 4 is 29.3 Å². The predicted molar refractivity (Wildman–Crippen MR) is 162 cm³/mol. The number of benzene rings is 2. The lowest BCUT2D eigenvalue weighted by Crippen LogP contribution is -2.42. The van der Waals surface area contributed by atoms with Crippen molar-refractivity contribution in [3.8, 4) is 17.2 Å². The zero-order chi connectivity index (χ0) is 31.4. The predicted octanol–water partition coefficient (Wildman–Crippen LogP) is 4.82. The third-order valence-electron chi connectivity index (χ3n) is 8.25. The minimum Gasteiger partial charge on any atom is -0.493 e. The van der Waals surface area contributed by atoms with Crippen molar-refractivity contribution in [2.24, 2.45) is 5.92 Å². The number of aliphatic hydroxyl groups is 1. The van der Waals surface area contributed by atoms with E-state index in [0.717, 1.165) is 22.5 Å². The first-order chi connectivity index (χ1) is 21.2. The van der Waals surface area contributed by atoms with E-state index in [9.17, 15) is 19.5 Å². The van der Waals surface area contributed by atoms with Crippen LogP contribution in [0, 0.1) is 5.92 Å². The normalized spacial score (nSPS) is 18.9. The van der Waals surface area contributed by atoms with Crippen molar-refractivity contribution in [2.45, 2.75) is 50.9 Å². The van der Waals surface area contributed by atoms with E-state index >= 15 is 0 Å². The van der Waals surface area contributed by atoms with Gasteiger partial charge in [0.15, 0.2) is 11.5 Å². The summed E-state index contributed by atoms with van der Waals surface area (Å²) >= 11 is 6.48. The van der Waals surface area contributed by atoms with Crippen molar-refractivity contribution in [3.63, 3.8) is 0 Å². The molecule has 3 atom stereocenters. The smallest absolute Gasteiger partial charge is 0.374 e. The largest absolute Gasteiger partial charge is 0.493 e. The lowest BCUT2D eigenvalue weighted by molar-refractivity contribution is -0.156. The Kier molecular flexibility index (Phi) is 9.93. The highest BCUT2D eigenvalue weighted by Gasteiger charge is 2.36. The Bertz CT molecular complexity index is 1510. The van der Waals surface area contributed by atoms with E-state index in [1.165, 1.54) is 0 Å². The summed E-state index contributed by atoms with van der Waals surface area (Å²) in [4.78, 5) is 39.0. The quantitative estimate of drug-likeness (QED) is 0.252. The number of ether oxygens (including phenoxy) is 4. The number of amides is 1. The van der Waals surface area contributed by atoms with Gasteiger partial charge in [-0.2, -0.15) is 0 Å². The second-order valence-electron chi connectivity index (χ2n) is 10.9. The molecule has 0 bridgehead atoms. The molecule has 1 unspecified atom stereocenters. The number of para-hydroxylation sites is 1. The molecule has 3 heterocycles. The number of nitrogens with zero attached hydrogens (tertiary/aromatic N) is 2. The first kappa shape index (κ1) is 31.6. The minimum absolute atomic E-state index is 0.108. The van der Waals surface area contributed by atoms with E-state index in [1.807, 2.05) is 59.3 Å². The molecule has 3 aromatic rings. The molecule has 44 heavy (non-hydrogen) atoms. The Morgan fingerprint density at radius 3 is 2.52 bits per heavy atom. The topological polar surface area (TPSA) is 117 Å². The SMILES string of the molecule is CCOC(=O)C(=O)C1CCN(C(=O)CC(O)C[C@H]2O[C@H](c3cccc(OC)c3OC)c3cc(Cl)ccc3-n3cccc32)CC1. The Morgan fingerprint density at radius 2 is 1.82 bits per heavy atom. The van der Waals surface area contributed by atoms with Gasteiger partial charge >= 0.3 is 5.97 Å². The lowest BCUT2D eigenvalue weighted by atomic mass is 9.92. The summed E-state index contributed by atoms with van der Waals surface area (Å²) in [5.41, 5.74) is 3.24. The third kappa shape index (κ3) is 6.47. The first-order valence-corrected chi connectivity index (χ1v) is 15.1. The van der Waals surface area contributed by atoms with Gasteiger partial charge in [0.05, 0.1) is 44.7 Å². The third-order valence-corrected chi connectivity index (χ3v) is 8.48. The maximum absolute atomic E-state index is 13.2. The summed E-state index contributed by atoms with van der Waals surface area (Å²) in [5.74, 6) is -0.972. The van der Waals surface area contributed by atoms with Crippen LogP contribution in [-0.4, -0.2) is 72.3 Å². The Hall–Kier alpha value is -3.86. The van der Waals surface area contributed by atoms with Crippen LogP contribution >= 0.6 is 11.6 Å². The van der Waals surface area contributed by atoms with Gasteiger partial charge in [0.1, 0.15) is 12.2 Å². The number of hydrogen-bond acceptors (Lipinski definition) is 8. The minimum atomic E-state index is -1.01. The van der Waals surface area contributed by atoms with Gasteiger partial charge < -0.3 is 33.5 Å². The van der Waals surface area contributed by atoms with Crippen LogP contribution in [0.4, 0.5) is 0 Å². The molecule has 1 fully saturated rings. The second-order valence-corrected chi connectivity index (χ2v) is 11.4. The molecule has 1 N–H and O–H groups in total. The molecule has 0 radical (unpaired) electrons. The van der Waals surface area contributed by atoms with Gasteiger partial charge in [0, 0.05) is 47.8 Å². The number of piperidine rings is 1. The average Bonchev–Trinajstić information content (AvgIpc) is 3.48. The molecule has 5 rings (SSSR count). The molecule has 1 amide bonds. The monoisotopic (exact) mass is 624 g/mol. The zero-order valence-electron chi connectivity index (χ0n) is 25.0. The fourth-order valence-electron chi connectivity index (χ4n) is 6.09. The summed E-state index contributed by atoms with van der Waals surface area (Å²) < 4.78 is 25.0. The molecule has 0 aliphatic carbocycles. The number of methoxy groups -OCH3 is 2. The molecule has 1 saturated heterocycles. The van der Waals surface area contributed by atoms with Crippen molar-refractivity contribution in [2.75, 3.05) is 33.9 Å². The fraction of sp³-hybridized carbons (Fsp3) is 0.424. The summed E-state index contributed by atoms with van der Waals surface area (Å²) in [6.45, 7) is 2.46. The molecule has 0 spiro atoms. The molecular formula is C33H37ClN2O8. The van der Waals surface area contributed by atoms with Crippen LogP contribution < -0.4 is 9.47 Å². The average molecular weight is 625 g/mol. The van der Waals surface area contributed by atoms with Crippen LogP contribution in [0.3, 0.4) is 0 Å². The van der Waals surface area contributed by atoms with E-state index in [1.54, 1.807) is 26.0 Å². The lowest BCUT2D eigenvalue weighted by Gasteiger charge is -2.32. The highest BCUT2D eigenvalue weighted by molar-refractivity contribution is 6.34. The number of ketones is 1. The number of halogens is 1. The van der Waals surface area contributed by atoms with Crippen LogP contribution in [0.25, 0.3) is 5.69 Å². The van der Waals surface area contributed by atoms with Gasteiger partial charge in [-0.1, -0.05) is 23.7 Å². The molecule has 11 heteroatoms. The van der Waals surface area contributed by atoms with Crippen LogP contribution in [0.5, 0.6) is 11.5 Å². The first-order valence-electron chi connectivity index (χ1n) is 14.8. The Morgan fingerprint density at radius 1 is 1.05 bits per heavy atom. The molecule has 0 saturated carbocycles. The summed E-state index contributed by atoms with van der Waals surface area (Å²) in [6, 6.07) is 15.0. The van der Waals surface area contributed by atoms with Gasteiger partial charge in [-0.3, -0.25) is 9.59 Å². The molecule has 234 valence electrons. The van der Waals surface area contributed by atoms with Gasteiger partial charge in [0.2, 0.25) is 11.7 Å². The summed E-state index contributed by atoms with van der Waals surface area (Å²) in [5, 5.41) is 11.8.